The lowest BCUT2D eigenvalue weighted by molar-refractivity contribution is -0.118. The third-order valence-corrected chi connectivity index (χ3v) is 4.75. The lowest BCUT2D eigenvalue weighted by Gasteiger charge is -2.07. The molecule has 0 aliphatic carbocycles. The maximum atomic E-state index is 12.3. The second-order valence-electron chi connectivity index (χ2n) is 7.29. The molecule has 0 aliphatic heterocycles. The van der Waals surface area contributed by atoms with E-state index in [1.165, 1.54) is 25.3 Å². The van der Waals surface area contributed by atoms with E-state index in [9.17, 15) is 19.2 Å². The zero-order chi connectivity index (χ0) is 23.6. The Bertz CT molecular complexity index is 1100. The second-order valence-corrected chi connectivity index (χ2v) is 7.29. The molecule has 0 saturated heterocycles. The Morgan fingerprint density at radius 1 is 0.909 bits per heavy atom. The minimum atomic E-state index is -0.637. The summed E-state index contributed by atoms with van der Waals surface area (Å²) in [6, 6.07) is 16.4. The maximum absolute atomic E-state index is 12.3. The van der Waals surface area contributed by atoms with Gasteiger partial charge in [-0.25, -0.2) is 4.79 Å². The lowest BCUT2D eigenvalue weighted by atomic mass is 10.1. The molecule has 8 nitrogen and oxygen atoms in total. The van der Waals surface area contributed by atoms with Crippen LogP contribution in [0.2, 0.25) is 0 Å². The minimum Gasteiger partial charge on any atom is -0.459 e. The highest BCUT2D eigenvalue weighted by molar-refractivity contribution is 6.02. The Hall–Kier alpha value is -4.20. The van der Waals surface area contributed by atoms with Crippen molar-refractivity contribution >= 4 is 29.3 Å². The summed E-state index contributed by atoms with van der Waals surface area (Å²) in [5, 5.41) is 5.39. The molecule has 3 rings (SSSR count). The van der Waals surface area contributed by atoms with Crippen molar-refractivity contribution in [2.75, 3.05) is 18.5 Å². The number of hydrogen-bond acceptors (Lipinski definition) is 6. The van der Waals surface area contributed by atoms with Gasteiger partial charge in [0, 0.05) is 24.7 Å². The van der Waals surface area contributed by atoms with Gasteiger partial charge in [0.15, 0.2) is 18.2 Å². The van der Waals surface area contributed by atoms with E-state index in [1.54, 1.807) is 36.4 Å². The van der Waals surface area contributed by atoms with Crippen LogP contribution in [0.15, 0.2) is 71.3 Å². The van der Waals surface area contributed by atoms with E-state index >= 15 is 0 Å². The molecule has 8 heteroatoms. The smallest absolute Gasteiger partial charge is 0.338 e. The molecule has 1 aromatic heterocycles. The molecule has 2 N–H and O–H groups in total. The Kier molecular flexibility index (Phi) is 8.13. The Balaban J connectivity index is 1.45. The summed E-state index contributed by atoms with van der Waals surface area (Å²) in [6.45, 7) is 1.70. The average molecular weight is 448 g/mol. The minimum absolute atomic E-state index is 0.0572. The Morgan fingerprint density at radius 2 is 1.61 bits per heavy atom. The highest BCUT2D eigenvalue weighted by Crippen LogP contribution is 2.13. The monoisotopic (exact) mass is 448 g/mol. The summed E-state index contributed by atoms with van der Waals surface area (Å²) in [7, 11) is 0. The van der Waals surface area contributed by atoms with Gasteiger partial charge in [0.2, 0.25) is 5.91 Å². The number of carbonyl (C=O) groups excluding carboxylic acids is 4. The summed E-state index contributed by atoms with van der Waals surface area (Å²) in [5.74, 6) is -1.23. The number of benzene rings is 2. The van der Waals surface area contributed by atoms with Gasteiger partial charge in [-0.15, -0.1) is 0 Å². The summed E-state index contributed by atoms with van der Waals surface area (Å²) in [5.41, 5.74) is 2.24. The number of anilines is 1. The molecule has 2 aromatic carbocycles. The van der Waals surface area contributed by atoms with Crippen molar-refractivity contribution in [2.24, 2.45) is 0 Å². The van der Waals surface area contributed by atoms with E-state index in [-0.39, 0.29) is 29.6 Å². The van der Waals surface area contributed by atoms with Crippen LogP contribution in [-0.2, 0) is 16.0 Å². The molecular formula is C25H24N2O6. The molecule has 0 radical (unpaired) electrons. The normalized spacial score (nSPS) is 10.3. The maximum Gasteiger partial charge on any atom is 0.338 e. The number of rotatable bonds is 10. The number of hydrogen-bond donors (Lipinski definition) is 2. The Morgan fingerprint density at radius 3 is 2.24 bits per heavy atom. The fourth-order valence-corrected chi connectivity index (χ4v) is 3.00. The van der Waals surface area contributed by atoms with Crippen LogP contribution in [-0.4, -0.2) is 36.7 Å². The number of furan rings is 1. The average Bonchev–Trinajstić information content (AvgIpc) is 3.36. The van der Waals surface area contributed by atoms with Crippen LogP contribution in [0, 0.1) is 0 Å². The summed E-state index contributed by atoms with van der Waals surface area (Å²) in [6.07, 6.45) is 2.98. The molecule has 0 aliphatic rings. The first kappa shape index (κ1) is 23.5. The van der Waals surface area contributed by atoms with E-state index in [4.69, 9.17) is 9.15 Å². The van der Waals surface area contributed by atoms with Crippen LogP contribution >= 0.6 is 0 Å². The number of Topliss-reactive ketones (excluding diaryl/α,β-unsaturated/α-hetero) is 1. The van der Waals surface area contributed by atoms with Crippen LogP contribution in [0.25, 0.3) is 0 Å². The molecule has 0 atom stereocenters. The van der Waals surface area contributed by atoms with Crippen LogP contribution in [0.3, 0.4) is 0 Å². The molecule has 0 unspecified atom stereocenters. The fraction of sp³-hybridized carbons (Fsp3) is 0.200. The van der Waals surface area contributed by atoms with Gasteiger partial charge in [0.05, 0.1) is 11.8 Å². The number of ether oxygens (including phenoxy) is 1. The molecule has 33 heavy (non-hydrogen) atoms. The van der Waals surface area contributed by atoms with Gasteiger partial charge < -0.3 is 19.8 Å². The summed E-state index contributed by atoms with van der Waals surface area (Å²) < 4.78 is 10.1. The van der Waals surface area contributed by atoms with Crippen molar-refractivity contribution in [3.8, 4) is 0 Å². The van der Waals surface area contributed by atoms with Crippen molar-refractivity contribution in [2.45, 2.75) is 19.8 Å². The van der Waals surface area contributed by atoms with Crippen LogP contribution in [0.1, 0.15) is 50.2 Å². The first-order chi connectivity index (χ1) is 15.9. The molecule has 3 aromatic rings. The van der Waals surface area contributed by atoms with Gasteiger partial charge in [0.25, 0.3) is 5.91 Å². The molecule has 1 heterocycles. The third-order valence-electron chi connectivity index (χ3n) is 4.75. The van der Waals surface area contributed by atoms with Gasteiger partial charge in [-0.1, -0.05) is 24.3 Å². The van der Waals surface area contributed by atoms with Crippen molar-refractivity contribution in [1.29, 1.82) is 0 Å². The molecule has 0 fully saturated rings. The third kappa shape index (κ3) is 7.17. The number of nitrogens with one attached hydrogen (secondary N) is 2. The summed E-state index contributed by atoms with van der Waals surface area (Å²) >= 11 is 0. The second kappa shape index (κ2) is 11.4. The van der Waals surface area contributed by atoms with Gasteiger partial charge in [-0.05, 0) is 54.8 Å². The molecule has 170 valence electrons. The van der Waals surface area contributed by atoms with Crippen molar-refractivity contribution < 1.29 is 28.3 Å². The lowest BCUT2D eigenvalue weighted by Crippen LogP contribution is -2.21. The van der Waals surface area contributed by atoms with E-state index < -0.39 is 11.9 Å². The highest BCUT2D eigenvalue weighted by Gasteiger charge is 2.13. The summed E-state index contributed by atoms with van der Waals surface area (Å²) in [4.78, 5) is 47.4. The fourth-order valence-electron chi connectivity index (χ4n) is 3.00. The van der Waals surface area contributed by atoms with Gasteiger partial charge >= 0.3 is 5.97 Å². The van der Waals surface area contributed by atoms with Gasteiger partial charge in [0.1, 0.15) is 0 Å². The van der Waals surface area contributed by atoms with Crippen LogP contribution in [0.5, 0.6) is 0 Å². The zero-order valence-corrected chi connectivity index (χ0v) is 18.1. The predicted molar refractivity (Wildman–Crippen MR) is 121 cm³/mol. The van der Waals surface area contributed by atoms with E-state index in [1.807, 2.05) is 12.1 Å². The van der Waals surface area contributed by atoms with E-state index in [0.717, 1.165) is 18.4 Å². The van der Waals surface area contributed by atoms with Crippen molar-refractivity contribution in [1.82, 2.24) is 5.32 Å². The van der Waals surface area contributed by atoms with Crippen molar-refractivity contribution in [3.05, 3.63) is 89.4 Å². The van der Waals surface area contributed by atoms with E-state index in [0.29, 0.717) is 17.8 Å². The number of carbonyl (C=O) groups is 4. The first-order valence-corrected chi connectivity index (χ1v) is 10.4. The number of aryl methyl sites for hydroxylation is 1. The first-order valence-electron chi connectivity index (χ1n) is 10.4. The molecule has 0 spiro atoms. The predicted octanol–water partition coefficient (Wildman–Crippen LogP) is 3.64. The Labute approximate surface area is 190 Å². The number of esters is 1. The van der Waals surface area contributed by atoms with E-state index in [2.05, 4.69) is 10.6 Å². The topological polar surface area (TPSA) is 115 Å². The largest absolute Gasteiger partial charge is 0.459 e. The number of amides is 2. The quantitative estimate of drug-likeness (QED) is 0.278. The molecule has 2 amide bonds. The molecule has 0 bridgehead atoms. The van der Waals surface area contributed by atoms with Crippen LogP contribution < -0.4 is 10.6 Å². The SMILES string of the molecule is CC(=O)NCCCc1ccc(C(=O)COC(=O)c2ccc(NC(=O)c3ccco3)cc2)cc1. The van der Waals surface area contributed by atoms with Crippen LogP contribution in [0.4, 0.5) is 5.69 Å². The zero-order valence-electron chi connectivity index (χ0n) is 18.1. The number of ketones is 1. The standard InChI is InChI=1S/C25H24N2O6/c1-17(28)26-14-2-4-18-6-8-19(9-7-18)22(29)16-33-25(31)20-10-12-21(13-11-20)27-24(30)23-5-3-15-32-23/h3,5-13,15H,2,4,14,16H2,1H3,(H,26,28)(H,27,30). The molecule has 0 saturated carbocycles. The van der Waals surface area contributed by atoms with Gasteiger partial charge in [-0.2, -0.15) is 0 Å². The molecular weight excluding hydrogens is 424 g/mol. The van der Waals surface area contributed by atoms with Gasteiger partial charge in [-0.3, -0.25) is 14.4 Å². The highest BCUT2D eigenvalue weighted by atomic mass is 16.5. The van der Waals surface area contributed by atoms with Crippen molar-refractivity contribution in [3.63, 3.8) is 0 Å².